The maximum Gasteiger partial charge on any atom is 0.234 e. The van der Waals surface area contributed by atoms with Crippen LogP contribution in [-0.2, 0) is 17.6 Å². The van der Waals surface area contributed by atoms with Gasteiger partial charge in [-0.25, -0.2) is 9.97 Å². The van der Waals surface area contributed by atoms with Crippen LogP contribution in [-0.4, -0.2) is 26.6 Å². The van der Waals surface area contributed by atoms with Gasteiger partial charge in [0.05, 0.1) is 16.3 Å². The van der Waals surface area contributed by atoms with Crippen LogP contribution in [0.25, 0.3) is 11.2 Å². The number of carbonyl (C=O) groups is 1. The van der Waals surface area contributed by atoms with Crippen molar-refractivity contribution in [2.75, 3.05) is 11.1 Å². The lowest BCUT2D eigenvalue weighted by molar-refractivity contribution is -0.113. The zero-order valence-corrected chi connectivity index (χ0v) is 15.7. The molecule has 0 bridgehead atoms. The monoisotopic (exact) mass is 374 g/mol. The SMILES string of the molecule is CCc1cccc(CC)c1NC(=O)CSc1nc2ncc(Cl)cc2[nH]1. The lowest BCUT2D eigenvalue weighted by Crippen LogP contribution is -2.16. The number of nitrogens with one attached hydrogen (secondary N) is 2. The van der Waals surface area contributed by atoms with Gasteiger partial charge in [0.2, 0.25) is 5.91 Å². The maximum absolute atomic E-state index is 12.4. The molecule has 0 aliphatic carbocycles. The summed E-state index contributed by atoms with van der Waals surface area (Å²) in [4.78, 5) is 24.0. The van der Waals surface area contributed by atoms with Gasteiger partial charge in [0.25, 0.3) is 0 Å². The zero-order valence-electron chi connectivity index (χ0n) is 14.1. The smallest absolute Gasteiger partial charge is 0.234 e. The Bertz CT molecular complexity index is 887. The number of H-pyrrole nitrogens is 1. The van der Waals surface area contributed by atoms with Gasteiger partial charge in [-0.1, -0.05) is 55.4 Å². The van der Waals surface area contributed by atoms with Gasteiger partial charge in [0.15, 0.2) is 10.8 Å². The summed E-state index contributed by atoms with van der Waals surface area (Å²) in [5.74, 6) is 0.224. The third kappa shape index (κ3) is 4.14. The Balaban J connectivity index is 1.68. The lowest BCUT2D eigenvalue weighted by Gasteiger charge is -2.14. The minimum atomic E-state index is -0.0490. The molecule has 0 unspecified atom stereocenters. The van der Waals surface area contributed by atoms with E-state index in [0.29, 0.717) is 15.8 Å². The number of benzene rings is 1. The second kappa shape index (κ2) is 7.89. The number of aromatic nitrogens is 3. The fraction of sp³-hybridized carbons (Fsp3) is 0.278. The van der Waals surface area contributed by atoms with E-state index in [1.54, 1.807) is 12.3 Å². The molecule has 0 saturated carbocycles. The summed E-state index contributed by atoms with van der Waals surface area (Å²) in [5.41, 5.74) is 4.61. The minimum Gasteiger partial charge on any atom is -0.331 e. The molecule has 3 rings (SSSR count). The number of halogens is 1. The van der Waals surface area contributed by atoms with Crippen molar-refractivity contribution in [2.45, 2.75) is 31.8 Å². The van der Waals surface area contributed by atoms with Crippen LogP contribution in [0.3, 0.4) is 0 Å². The molecule has 1 amide bonds. The number of hydrogen-bond donors (Lipinski definition) is 2. The first-order valence-electron chi connectivity index (χ1n) is 8.15. The van der Waals surface area contributed by atoms with Crippen molar-refractivity contribution in [1.82, 2.24) is 15.0 Å². The average Bonchev–Trinajstić information content (AvgIpc) is 3.02. The van der Waals surface area contributed by atoms with E-state index in [2.05, 4.69) is 46.2 Å². The summed E-state index contributed by atoms with van der Waals surface area (Å²) in [5, 5.41) is 4.26. The molecular formula is C18H19ClN4OS. The number of rotatable bonds is 6. The van der Waals surface area contributed by atoms with Gasteiger partial charge in [0.1, 0.15) is 0 Å². The standard InChI is InChI=1S/C18H19ClN4OS/c1-3-11-6-5-7-12(4-2)16(11)22-15(24)10-25-18-21-14-8-13(19)9-20-17(14)23-18/h5-9H,3-4,10H2,1-2H3,(H,22,24)(H,20,21,23). The molecule has 0 aliphatic heterocycles. The number of aryl methyl sites for hydroxylation is 2. The predicted molar refractivity (Wildman–Crippen MR) is 103 cm³/mol. The molecule has 5 nitrogen and oxygen atoms in total. The highest BCUT2D eigenvalue weighted by Gasteiger charge is 2.12. The second-order valence-electron chi connectivity index (χ2n) is 5.56. The number of thioether (sulfide) groups is 1. The minimum absolute atomic E-state index is 0.0490. The summed E-state index contributed by atoms with van der Waals surface area (Å²) in [6, 6.07) is 7.91. The van der Waals surface area contributed by atoms with Crippen LogP contribution in [0.4, 0.5) is 5.69 Å². The van der Waals surface area contributed by atoms with Crippen LogP contribution in [0.15, 0.2) is 35.6 Å². The molecule has 2 heterocycles. The highest BCUT2D eigenvalue weighted by atomic mass is 35.5. The third-order valence-electron chi connectivity index (χ3n) is 3.89. The highest BCUT2D eigenvalue weighted by molar-refractivity contribution is 7.99. The van der Waals surface area contributed by atoms with Crippen molar-refractivity contribution >= 4 is 46.1 Å². The van der Waals surface area contributed by atoms with Crippen LogP contribution >= 0.6 is 23.4 Å². The molecule has 1 aromatic carbocycles. The Morgan fingerprint density at radius 3 is 2.68 bits per heavy atom. The van der Waals surface area contributed by atoms with Gasteiger partial charge in [-0.15, -0.1) is 0 Å². The van der Waals surface area contributed by atoms with Gasteiger partial charge in [-0.3, -0.25) is 4.79 Å². The molecule has 25 heavy (non-hydrogen) atoms. The van der Waals surface area contributed by atoms with E-state index in [9.17, 15) is 4.79 Å². The number of imidazole rings is 1. The van der Waals surface area contributed by atoms with E-state index in [0.717, 1.165) is 35.2 Å². The number of fused-ring (bicyclic) bond motifs is 1. The first-order chi connectivity index (χ1) is 12.1. The molecule has 0 spiro atoms. The van der Waals surface area contributed by atoms with Crippen molar-refractivity contribution in [2.24, 2.45) is 0 Å². The first-order valence-corrected chi connectivity index (χ1v) is 9.51. The van der Waals surface area contributed by atoms with Crippen molar-refractivity contribution in [1.29, 1.82) is 0 Å². The van der Waals surface area contributed by atoms with E-state index in [-0.39, 0.29) is 11.7 Å². The van der Waals surface area contributed by atoms with Crippen molar-refractivity contribution in [3.8, 4) is 0 Å². The number of amides is 1. The van der Waals surface area contributed by atoms with Gasteiger partial charge >= 0.3 is 0 Å². The van der Waals surface area contributed by atoms with Gasteiger partial charge in [-0.05, 0) is 30.0 Å². The zero-order chi connectivity index (χ0) is 17.8. The van der Waals surface area contributed by atoms with Crippen LogP contribution in [0.2, 0.25) is 5.02 Å². The largest absolute Gasteiger partial charge is 0.331 e. The third-order valence-corrected chi connectivity index (χ3v) is 4.97. The number of nitrogens with zero attached hydrogens (tertiary/aromatic N) is 2. The van der Waals surface area contributed by atoms with E-state index >= 15 is 0 Å². The summed E-state index contributed by atoms with van der Waals surface area (Å²) in [6.07, 6.45) is 3.32. The highest BCUT2D eigenvalue weighted by Crippen LogP contribution is 2.24. The fourth-order valence-corrected chi connectivity index (χ4v) is 3.46. The number of anilines is 1. The molecule has 2 aromatic heterocycles. The van der Waals surface area contributed by atoms with Crippen LogP contribution in [0, 0.1) is 0 Å². The van der Waals surface area contributed by atoms with Crippen molar-refractivity contribution in [3.63, 3.8) is 0 Å². The lowest BCUT2D eigenvalue weighted by atomic mass is 10.0. The predicted octanol–water partition coefficient (Wildman–Crippen LogP) is 4.47. The van der Waals surface area contributed by atoms with Crippen LogP contribution in [0.5, 0.6) is 0 Å². The van der Waals surface area contributed by atoms with Gasteiger partial charge in [-0.2, -0.15) is 0 Å². The molecule has 2 N–H and O–H groups in total. The Labute approximate surface area is 155 Å². The van der Waals surface area contributed by atoms with Gasteiger partial charge < -0.3 is 10.3 Å². The van der Waals surface area contributed by atoms with Crippen LogP contribution in [0.1, 0.15) is 25.0 Å². The second-order valence-corrected chi connectivity index (χ2v) is 6.96. The van der Waals surface area contributed by atoms with E-state index in [4.69, 9.17) is 11.6 Å². The molecule has 130 valence electrons. The molecule has 0 radical (unpaired) electrons. The van der Waals surface area contributed by atoms with E-state index < -0.39 is 0 Å². The van der Waals surface area contributed by atoms with E-state index in [1.165, 1.54) is 11.8 Å². The fourth-order valence-electron chi connectivity index (χ4n) is 2.63. The molecule has 0 saturated heterocycles. The number of aromatic amines is 1. The van der Waals surface area contributed by atoms with Crippen molar-refractivity contribution < 1.29 is 4.79 Å². The molecular weight excluding hydrogens is 356 g/mol. The Kier molecular flexibility index (Phi) is 5.60. The normalized spacial score (nSPS) is 11.0. The van der Waals surface area contributed by atoms with Gasteiger partial charge in [0, 0.05) is 11.9 Å². The van der Waals surface area contributed by atoms with Crippen LogP contribution < -0.4 is 5.32 Å². The maximum atomic E-state index is 12.4. The number of para-hydroxylation sites is 1. The molecule has 0 atom stereocenters. The quantitative estimate of drug-likeness (QED) is 0.624. The Hall–Kier alpha value is -2.05. The molecule has 7 heteroatoms. The summed E-state index contributed by atoms with van der Waals surface area (Å²) >= 11 is 7.27. The molecule has 0 aliphatic rings. The molecule has 0 fully saturated rings. The first kappa shape index (κ1) is 17.8. The average molecular weight is 375 g/mol. The Morgan fingerprint density at radius 1 is 1.28 bits per heavy atom. The Morgan fingerprint density at radius 2 is 2.00 bits per heavy atom. The summed E-state index contributed by atoms with van der Waals surface area (Å²) < 4.78 is 0. The summed E-state index contributed by atoms with van der Waals surface area (Å²) in [7, 11) is 0. The number of hydrogen-bond acceptors (Lipinski definition) is 4. The summed E-state index contributed by atoms with van der Waals surface area (Å²) in [6.45, 7) is 4.18. The topological polar surface area (TPSA) is 70.7 Å². The van der Waals surface area contributed by atoms with E-state index in [1.807, 2.05) is 6.07 Å². The number of carbonyl (C=O) groups excluding carboxylic acids is 1. The number of pyridine rings is 1. The molecule has 3 aromatic rings. The van der Waals surface area contributed by atoms with Crippen molar-refractivity contribution in [3.05, 3.63) is 46.6 Å².